The SMILES string of the molecule is CNC1CCC(c2cn3nc(N)cc(Nc4ccccc4)c3n2)CC1. The Morgan fingerprint density at radius 1 is 1.12 bits per heavy atom. The van der Waals surface area contributed by atoms with E-state index in [4.69, 9.17) is 10.7 Å². The summed E-state index contributed by atoms with van der Waals surface area (Å²) in [5.41, 5.74) is 9.82. The highest BCUT2D eigenvalue weighted by Crippen LogP contribution is 2.33. The predicted molar refractivity (Wildman–Crippen MR) is 101 cm³/mol. The highest BCUT2D eigenvalue weighted by Gasteiger charge is 2.24. The molecule has 0 unspecified atom stereocenters. The van der Waals surface area contributed by atoms with Crippen molar-refractivity contribution in [1.82, 2.24) is 19.9 Å². The van der Waals surface area contributed by atoms with E-state index in [2.05, 4.69) is 15.7 Å². The Kier molecular flexibility index (Phi) is 4.28. The molecule has 130 valence electrons. The van der Waals surface area contributed by atoms with Crippen molar-refractivity contribution in [3.63, 3.8) is 0 Å². The average molecular weight is 336 g/mol. The van der Waals surface area contributed by atoms with E-state index in [-0.39, 0.29) is 0 Å². The minimum atomic E-state index is 0.480. The Labute approximate surface area is 147 Å². The lowest BCUT2D eigenvalue weighted by Gasteiger charge is -2.26. The largest absolute Gasteiger partial charge is 0.382 e. The van der Waals surface area contributed by atoms with Gasteiger partial charge in [-0.1, -0.05) is 18.2 Å². The van der Waals surface area contributed by atoms with Crippen LogP contribution in [0.5, 0.6) is 0 Å². The van der Waals surface area contributed by atoms with Crippen LogP contribution in [0.2, 0.25) is 0 Å². The highest BCUT2D eigenvalue weighted by molar-refractivity contribution is 5.75. The molecule has 1 aliphatic rings. The maximum absolute atomic E-state index is 5.99. The lowest BCUT2D eigenvalue weighted by atomic mass is 9.84. The Hall–Kier alpha value is -2.60. The Morgan fingerprint density at radius 3 is 2.60 bits per heavy atom. The summed E-state index contributed by atoms with van der Waals surface area (Å²) in [7, 11) is 2.05. The maximum Gasteiger partial charge on any atom is 0.177 e. The van der Waals surface area contributed by atoms with Crippen molar-refractivity contribution < 1.29 is 0 Å². The molecule has 6 heteroatoms. The third-order valence-corrected chi connectivity index (χ3v) is 5.07. The van der Waals surface area contributed by atoms with E-state index in [1.165, 1.54) is 12.8 Å². The van der Waals surface area contributed by atoms with Crippen LogP contribution in [0.25, 0.3) is 5.65 Å². The highest BCUT2D eigenvalue weighted by atomic mass is 15.3. The number of rotatable bonds is 4. The monoisotopic (exact) mass is 336 g/mol. The first-order valence-electron chi connectivity index (χ1n) is 8.88. The zero-order valence-corrected chi connectivity index (χ0v) is 14.4. The topological polar surface area (TPSA) is 80.3 Å². The molecule has 0 saturated heterocycles. The van der Waals surface area contributed by atoms with E-state index >= 15 is 0 Å². The number of hydrogen-bond donors (Lipinski definition) is 3. The molecule has 0 radical (unpaired) electrons. The van der Waals surface area contributed by atoms with Crippen LogP contribution >= 0.6 is 0 Å². The van der Waals surface area contributed by atoms with Crippen molar-refractivity contribution in [3.8, 4) is 0 Å². The quantitative estimate of drug-likeness (QED) is 0.681. The molecule has 1 fully saturated rings. The molecule has 3 aromatic rings. The molecule has 4 N–H and O–H groups in total. The first kappa shape index (κ1) is 15.9. The molecular weight excluding hydrogens is 312 g/mol. The molecule has 0 atom stereocenters. The summed E-state index contributed by atoms with van der Waals surface area (Å²) in [6.45, 7) is 0. The van der Waals surface area contributed by atoms with Gasteiger partial charge in [0.1, 0.15) is 5.82 Å². The first-order valence-corrected chi connectivity index (χ1v) is 8.88. The van der Waals surface area contributed by atoms with Crippen molar-refractivity contribution in [2.24, 2.45) is 0 Å². The summed E-state index contributed by atoms with van der Waals surface area (Å²) < 4.78 is 1.81. The molecule has 0 bridgehead atoms. The van der Waals surface area contributed by atoms with Gasteiger partial charge in [-0.15, -0.1) is 5.10 Å². The van der Waals surface area contributed by atoms with Crippen molar-refractivity contribution in [2.75, 3.05) is 18.1 Å². The maximum atomic E-state index is 5.99. The van der Waals surface area contributed by atoms with Gasteiger partial charge < -0.3 is 16.4 Å². The molecule has 6 nitrogen and oxygen atoms in total. The number of hydrogen-bond acceptors (Lipinski definition) is 5. The Balaban J connectivity index is 1.65. The van der Waals surface area contributed by atoms with Gasteiger partial charge in [0.15, 0.2) is 5.65 Å². The van der Waals surface area contributed by atoms with Gasteiger partial charge in [0.25, 0.3) is 0 Å². The van der Waals surface area contributed by atoms with E-state index in [1.807, 2.05) is 49.6 Å². The number of nitrogens with two attached hydrogens (primary N) is 1. The lowest BCUT2D eigenvalue weighted by molar-refractivity contribution is 0.355. The second-order valence-corrected chi connectivity index (χ2v) is 6.75. The number of aromatic nitrogens is 3. The van der Waals surface area contributed by atoms with Crippen LogP contribution in [0.15, 0.2) is 42.6 Å². The summed E-state index contributed by atoms with van der Waals surface area (Å²) in [5, 5.41) is 11.2. The molecule has 1 aromatic carbocycles. The van der Waals surface area contributed by atoms with Crippen molar-refractivity contribution in [2.45, 2.75) is 37.6 Å². The van der Waals surface area contributed by atoms with Crippen LogP contribution in [0.3, 0.4) is 0 Å². The molecule has 2 heterocycles. The fraction of sp³-hybridized carbons (Fsp3) is 0.368. The summed E-state index contributed by atoms with van der Waals surface area (Å²) in [6.07, 6.45) is 6.74. The normalized spacial score (nSPS) is 20.7. The molecule has 0 aliphatic heterocycles. The van der Waals surface area contributed by atoms with Crippen molar-refractivity contribution >= 4 is 22.8 Å². The second kappa shape index (κ2) is 6.72. The van der Waals surface area contributed by atoms with Crippen molar-refractivity contribution in [3.05, 3.63) is 48.3 Å². The molecule has 0 spiro atoms. The zero-order valence-electron chi connectivity index (χ0n) is 14.4. The van der Waals surface area contributed by atoms with Crippen LogP contribution < -0.4 is 16.4 Å². The van der Waals surface area contributed by atoms with Gasteiger partial charge in [-0.2, -0.15) is 0 Å². The Morgan fingerprint density at radius 2 is 1.88 bits per heavy atom. The average Bonchev–Trinajstić information content (AvgIpc) is 3.07. The van der Waals surface area contributed by atoms with Crippen LogP contribution in [0, 0.1) is 0 Å². The minimum absolute atomic E-state index is 0.480. The summed E-state index contributed by atoms with van der Waals surface area (Å²) in [4.78, 5) is 4.89. The van der Waals surface area contributed by atoms with Crippen LogP contribution in [-0.2, 0) is 0 Å². The fourth-order valence-electron chi connectivity index (χ4n) is 3.66. The van der Waals surface area contributed by atoms with E-state index in [9.17, 15) is 0 Å². The number of benzene rings is 1. The number of para-hydroxylation sites is 1. The number of anilines is 3. The summed E-state index contributed by atoms with van der Waals surface area (Å²) >= 11 is 0. The van der Waals surface area contributed by atoms with Gasteiger partial charge in [-0.05, 0) is 44.9 Å². The lowest BCUT2D eigenvalue weighted by Crippen LogP contribution is -2.29. The third kappa shape index (κ3) is 3.30. The van der Waals surface area contributed by atoms with E-state index in [1.54, 1.807) is 4.52 Å². The number of imidazole rings is 1. The van der Waals surface area contributed by atoms with Gasteiger partial charge in [0.05, 0.1) is 17.6 Å². The van der Waals surface area contributed by atoms with E-state index < -0.39 is 0 Å². The first-order chi connectivity index (χ1) is 12.2. The van der Waals surface area contributed by atoms with Crippen molar-refractivity contribution in [1.29, 1.82) is 0 Å². The number of nitrogen functional groups attached to an aromatic ring is 1. The molecule has 2 aromatic heterocycles. The smallest absolute Gasteiger partial charge is 0.177 e. The van der Waals surface area contributed by atoms with E-state index in [0.717, 1.165) is 35.6 Å². The van der Waals surface area contributed by atoms with Gasteiger partial charge in [-0.25, -0.2) is 9.50 Å². The molecular formula is C19H24N6. The Bertz CT molecular complexity index is 849. The third-order valence-electron chi connectivity index (χ3n) is 5.07. The fourth-order valence-corrected chi connectivity index (χ4v) is 3.66. The molecule has 1 aliphatic carbocycles. The van der Waals surface area contributed by atoms with Crippen LogP contribution in [0.1, 0.15) is 37.3 Å². The standard InChI is InChI=1S/C19H24N6/c1-21-14-9-7-13(8-10-14)17-12-25-19(23-17)16(11-18(20)24-25)22-15-5-3-2-4-6-15/h2-6,11-14,21-22H,7-10H2,1H3,(H2,20,24). The molecule has 25 heavy (non-hydrogen) atoms. The second-order valence-electron chi connectivity index (χ2n) is 6.75. The van der Waals surface area contributed by atoms with E-state index in [0.29, 0.717) is 17.8 Å². The number of nitrogens with zero attached hydrogens (tertiary/aromatic N) is 3. The zero-order chi connectivity index (χ0) is 17.2. The number of fused-ring (bicyclic) bond motifs is 1. The molecule has 1 saturated carbocycles. The van der Waals surface area contributed by atoms with Gasteiger partial charge in [0.2, 0.25) is 0 Å². The number of nitrogens with one attached hydrogen (secondary N) is 2. The van der Waals surface area contributed by atoms with Crippen LogP contribution in [-0.4, -0.2) is 27.7 Å². The summed E-state index contributed by atoms with van der Waals surface area (Å²) in [6, 6.07) is 12.5. The predicted octanol–water partition coefficient (Wildman–Crippen LogP) is 3.30. The molecule has 4 rings (SSSR count). The van der Waals surface area contributed by atoms with Gasteiger partial charge in [-0.3, -0.25) is 0 Å². The minimum Gasteiger partial charge on any atom is -0.382 e. The molecule has 0 amide bonds. The summed E-state index contributed by atoms with van der Waals surface area (Å²) in [5.74, 6) is 0.978. The van der Waals surface area contributed by atoms with Crippen LogP contribution in [0.4, 0.5) is 17.2 Å². The van der Waals surface area contributed by atoms with Gasteiger partial charge in [0, 0.05) is 23.7 Å². The van der Waals surface area contributed by atoms with Gasteiger partial charge >= 0.3 is 0 Å².